The number of ether oxygens (including phenoxy) is 1. The number of rotatable bonds is 6. The molecule has 0 spiro atoms. The number of benzene rings is 1. The lowest BCUT2D eigenvalue weighted by molar-refractivity contribution is 0.319. The quantitative estimate of drug-likeness (QED) is 0.761. The van der Waals surface area contributed by atoms with Crippen LogP contribution in [0.1, 0.15) is 18.2 Å². The van der Waals surface area contributed by atoms with Crippen molar-refractivity contribution in [3.05, 3.63) is 39.0 Å². The second-order valence-electron chi connectivity index (χ2n) is 4.19. The fraction of sp³-hybridized carbons (Fsp3) is 0.286. The minimum atomic E-state index is 0.679. The Hall–Kier alpha value is -1.20. The van der Waals surface area contributed by atoms with Gasteiger partial charge in [-0.3, -0.25) is 0 Å². The number of thiophene rings is 1. The lowest BCUT2D eigenvalue weighted by Crippen LogP contribution is -2.02. The maximum Gasteiger partial charge on any atom is 0.144 e. The Morgan fingerprint density at radius 2 is 2.21 bits per heavy atom. The summed E-state index contributed by atoms with van der Waals surface area (Å²) in [6.45, 7) is 3.56. The van der Waals surface area contributed by atoms with Crippen molar-refractivity contribution in [3.63, 3.8) is 0 Å². The van der Waals surface area contributed by atoms with Gasteiger partial charge in [0, 0.05) is 33.0 Å². The summed E-state index contributed by atoms with van der Waals surface area (Å²) in [6, 6.07) is 7.91. The molecule has 1 aromatic carbocycles. The number of hydrogen-bond donors (Lipinski definition) is 2. The third-order valence-corrected chi connectivity index (χ3v) is 4.26. The van der Waals surface area contributed by atoms with Crippen LogP contribution in [0.15, 0.2) is 34.1 Å². The molecule has 3 N–H and O–H groups in total. The van der Waals surface area contributed by atoms with Crippen LogP contribution >= 0.6 is 27.3 Å². The Balaban J connectivity index is 2.00. The zero-order valence-corrected chi connectivity index (χ0v) is 13.2. The number of nitrogens with one attached hydrogen (secondary N) is 1. The van der Waals surface area contributed by atoms with E-state index in [4.69, 9.17) is 10.5 Å². The van der Waals surface area contributed by atoms with Crippen molar-refractivity contribution in [2.24, 2.45) is 0 Å². The van der Waals surface area contributed by atoms with Gasteiger partial charge in [-0.05, 0) is 40.5 Å². The average molecular weight is 341 g/mol. The molecule has 3 nitrogen and oxygen atoms in total. The van der Waals surface area contributed by atoms with Gasteiger partial charge < -0.3 is 15.8 Å². The van der Waals surface area contributed by atoms with Gasteiger partial charge in [-0.25, -0.2) is 0 Å². The van der Waals surface area contributed by atoms with E-state index in [1.54, 1.807) is 11.3 Å². The SMILES string of the molecule is CCCOc1cc(NCc2cc(Br)cs2)ccc1N. The van der Waals surface area contributed by atoms with Gasteiger partial charge in [-0.15, -0.1) is 11.3 Å². The minimum absolute atomic E-state index is 0.679. The first-order valence-corrected chi connectivity index (χ1v) is 7.85. The summed E-state index contributed by atoms with van der Waals surface area (Å²) in [5.74, 6) is 0.749. The van der Waals surface area contributed by atoms with Crippen LogP contribution in [0.4, 0.5) is 11.4 Å². The van der Waals surface area contributed by atoms with Gasteiger partial charge in [0.15, 0.2) is 0 Å². The summed E-state index contributed by atoms with van der Waals surface area (Å²) in [5, 5.41) is 5.45. The summed E-state index contributed by atoms with van der Waals surface area (Å²) < 4.78 is 6.74. The fourth-order valence-corrected chi connectivity index (χ4v) is 3.01. The Morgan fingerprint density at radius 3 is 2.89 bits per heavy atom. The molecule has 1 heterocycles. The van der Waals surface area contributed by atoms with Gasteiger partial charge in [0.2, 0.25) is 0 Å². The third-order valence-electron chi connectivity index (χ3n) is 2.56. The molecule has 0 aliphatic heterocycles. The molecule has 0 amide bonds. The highest BCUT2D eigenvalue weighted by Gasteiger charge is 2.03. The number of nitrogen functional groups attached to an aromatic ring is 1. The highest BCUT2D eigenvalue weighted by atomic mass is 79.9. The number of anilines is 2. The maximum absolute atomic E-state index is 5.88. The Kier molecular flexibility index (Phi) is 5.10. The summed E-state index contributed by atoms with van der Waals surface area (Å²) in [7, 11) is 0. The van der Waals surface area contributed by atoms with E-state index in [1.165, 1.54) is 4.88 Å². The molecule has 0 fully saturated rings. The van der Waals surface area contributed by atoms with Crippen LogP contribution < -0.4 is 15.8 Å². The van der Waals surface area contributed by atoms with Gasteiger partial charge in [0.05, 0.1) is 12.3 Å². The van der Waals surface area contributed by atoms with Gasteiger partial charge >= 0.3 is 0 Å². The van der Waals surface area contributed by atoms with Gasteiger partial charge in [0.1, 0.15) is 5.75 Å². The van der Waals surface area contributed by atoms with Crippen LogP contribution in [0.25, 0.3) is 0 Å². The Labute approximate surface area is 125 Å². The lowest BCUT2D eigenvalue weighted by atomic mass is 10.2. The van der Waals surface area contributed by atoms with Crippen LogP contribution in [0.2, 0.25) is 0 Å². The zero-order valence-electron chi connectivity index (χ0n) is 10.8. The molecule has 5 heteroatoms. The predicted molar refractivity (Wildman–Crippen MR) is 86.0 cm³/mol. The molecule has 1 aromatic heterocycles. The number of hydrogen-bond acceptors (Lipinski definition) is 4. The maximum atomic E-state index is 5.88. The van der Waals surface area contributed by atoms with Gasteiger partial charge in [-0.2, -0.15) is 0 Å². The molecular formula is C14H17BrN2OS. The topological polar surface area (TPSA) is 47.3 Å². The van der Waals surface area contributed by atoms with E-state index in [9.17, 15) is 0 Å². The Morgan fingerprint density at radius 1 is 1.37 bits per heavy atom. The van der Waals surface area contributed by atoms with Crippen LogP contribution in [-0.2, 0) is 6.54 Å². The number of halogens is 1. The summed E-state index contributed by atoms with van der Waals surface area (Å²) >= 11 is 5.18. The summed E-state index contributed by atoms with van der Waals surface area (Å²) in [5.41, 5.74) is 7.58. The highest BCUT2D eigenvalue weighted by molar-refractivity contribution is 9.10. The molecule has 0 unspecified atom stereocenters. The fourth-order valence-electron chi connectivity index (χ4n) is 1.62. The first-order valence-electron chi connectivity index (χ1n) is 6.18. The molecule has 102 valence electrons. The minimum Gasteiger partial charge on any atom is -0.491 e. The van der Waals surface area contributed by atoms with Crippen molar-refractivity contribution >= 4 is 38.6 Å². The van der Waals surface area contributed by atoms with E-state index in [0.717, 1.165) is 28.9 Å². The van der Waals surface area contributed by atoms with Crippen molar-refractivity contribution in [1.29, 1.82) is 0 Å². The van der Waals surface area contributed by atoms with Crippen LogP contribution in [-0.4, -0.2) is 6.61 Å². The van der Waals surface area contributed by atoms with Crippen molar-refractivity contribution in [2.45, 2.75) is 19.9 Å². The van der Waals surface area contributed by atoms with Crippen molar-refractivity contribution < 1.29 is 4.74 Å². The number of nitrogens with two attached hydrogens (primary N) is 1. The van der Waals surface area contributed by atoms with Crippen LogP contribution in [0.5, 0.6) is 5.75 Å². The predicted octanol–water partition coefficient (Wildman–Crippen LogP) is 4.49. The third kappa shape index (κ3) is 4.14. The standard InChI is InChI=1S/C14H17BrN2OS/c1-2-5-18-14-7-11(3-4-13(14)16)17-8-12-6-10(15)9-19-12/h3-4,6-7,9,17H,2,5,8,16H2,1H3. The molecule has 0 aliphatic rings. The molecule has 19 heavy (non-hydrogen) atoms. The van der Waals surface area contributed by atoms with Crippen molar-refractivity contribution in [1.82, 2.24) is 0 Å². The van der Waals surface area contributed by atoms with Crippen LogP contribution in [0, 0.1) is 0 Å². The first kappa shape index (κ1) is 14.2. The molecule has 0 bridgehead atoms. The van der Waals surface area contributed by atoms with E-state index >= 15 is 0 Å². The highest BCUT2D eigenvalue weighted by Crippen LogP contribution is 2.27. The second-order valence-corrected chi connectivity index (χ2v) is 6.10. The van der Waals surface area contributed by atoms with Gasteiger partial charge in [0.25, 0.3) is 0 Å². The van der Waals surface area contributed by atoms with Crippen LogP contribution in [0.3, 0.4) is 0 Å². The van der Waals surface area contributed by atoms with E-state index in [-0.39, 0.29) is 0 Å². The molecule has 2 aromatic rings. The lowest BCUT2D eigenvalue weighted by Gasteiger charge is -2.11. The van der Waals surface area contributed by atoms with E-state index < -0.39 is 0 Å². The molecule has 0 aliphatic carbocycles. The zero-order chi connectivity index (χ0) is 13.7. The normalized spacial score (nSPS) is 10.4. The monoisotopic (exact) mass is 340 g/mol. The molecule has 0 saturated carbocycles. The van der Waals surface area contributed by atoms with Crippen molar-refractivity contribution in [3.8, 4) is 5.75 Å². The van der Waals surface area contributed by atoms with Crippen molar-refractivity contribution in [2.75, 3.05) is 17.7 Å². The first-order chi connectivity index (χ1) is 9.19. The smallest absolute Gasteiger partial charge is 0.144 e. The average Bonchev–Trinajstić information content (AvgIpc) is 2.82. The van der Waals surface area contributed by atoms with Gasteiger partial charge in [-0.1, -0.05) is 6.92 Å². The molecular weight excluding hydrogens is 324 g/mol. The largest absolute Gasteiger partial charge is 0.491 e. The Bertz CT molecular complexity index is 542. The second kappa shape index (κ2) is 6.82. The van der Waals surface area contributed by atoms with E-state index in [1.807, 2.05) is 18.2 Å². The summed E-state index contributed by atoms with van der Waals surface area (Å²) in [6.07, 6.45) is 0.973. The molecule has 0 atom stereocenters. The summed E-state index contributed by atoms with van der Waals surface area (Å²) in [4.78, 5) is 1.28. The molecule has 2 rings (SSSR count). The van der Waals surface area contributed by atoms with E-state index in [2.05, 4.69) is 39.6 Å². The molecule has 0 saturated heterocycles. The molecule has 0 radical (unpaired) electrons. The van der Waals surface area contributed by atoms with E-state index in [0.29, 0.717) is 12.3 Å².